The Labute approximate surface area is 159 Å². The fourth-order valence-corrected chi connectivity index (χ4v) is 2.76. The van der Waals surface area contributed by atoms with Gasteiger partial charge in [-0.1, -0.05) is 5.16 Å². The normalized spacial score (nSPS) is 19.1. The summed E-state index contributed by atoms with van der Waals surface area (Å²) in [5.41, 5.74) is 0.0221. The second kappa shape index (κ2) is 6.95. The minimum Gasteiger partial charge on any atom is -0.475 e. The lowest BCUT2D eigenvalue weighted by Crippen LogP contribution is -2.56. The first-order chi connectivity index (χ1) is 13.3. The number of aryl methyl sites for hydroxylation is 1. The Hall–Kier alpha value is -2.85. The van der Waals surface area contributed by atoms with E-state index in [0.29, 0.717) is 24.2 Å². The number of carbonyl (C=O) groups excluding carboxylic acids is 1. The van der Waals surface area contributed by atoms with Gasteiger partial charge in [0.25, 0.3) is 17.7 Å². The zero-order valence-corrected chi connectivity index (χ0v) is 15.5. The molecule has 1 atom stereocenters. The standard InChI is InChI=1S/C17H20F2N6O3/c1-9(13-22-10(2)28-24-13)21-15(26)12-5-20-14(25-7-17(18,19)8-25)16(23-12)27-6-11-3-4-11/h5,9,11H,3-4,6-8H2,1-2H3,(H,21,26)/t9-/m1/s1. The third-order valence-electron chi connectivity index (χ3n) is 4.53. The average Bonchev–Trinajstić information content (AvgIpc) is 3.36. The summed E-state index contributed by atoms with van der Waals surface area (Å²) in [5, 5.41) is 6.47. The molecule has 2 aromatic rings. The largest absolute Gasteiger partial charge is 0.475 e. The minimum atomic E-state index is -2.75. The number of ether oxygens (including phenoxy) is 1. The molecule has 0 spiro atoms. The van der Waals surface area contributed by atoms with Gasteiger partial charge in [0, 0.05) is 6.92 Å². The molecule has 150 valence electrons. The van der Waals surface area contributed by atoms with Gasteiger partial charge in [-0.2, -0.15) is 4.98 Å². The second-order valence-corrected chi connectivity index (χ2v) is 7.22. The fraction of sp³-hybridized carbons (Fsp3) is 0.588. The van der Waals surface area contributed by atoms with Gasteiger partial charge in [0.1, 0.15) is 0 Å². The van der Waals surface area contributed by atoms with Gasteiger partial charge < -0.3 is 19.5 Å². The van der Waals surface area contributed by atoms with Crippen LogP contribution in [0.4, 0.5) is 14.6 Å². The highest BCUT2D eigenvalue weighted by atomic mass is 19.3. The van der Waals surface area contributed by atoms with Crippen molar-refractivity contribution in [2.45, 2.75) is 38.7 Å². The number of nitrogens with zero attached hydrogens (tertiary/aromatic N) is 5. The molecule has 0 bridgehead atoms. The van der Waals surface area contributed by atoms with Crippen molar-refractivity contribution in [2.75, 3.05) is 24.6 Å². The summed E-state index contributed by atoms with van der Waals surface area (Å²) in [6.07, 6.45) is 3.37. The molecule has 3 heterocycles. The molecule has 0 unspecified atom stereocenters. The van der Waals surface area contributed by atoms with Crippen LogP contribution in [-0.4, -0.2) is 51.6 Å². The van der Waals surface area contributed by atoms with E-state index in [9.17, 15) is 13.6 Å². The molecular formula is C17H20F2N6O3. The lowest BCUT2D eigenvalue weighted by molar-refractivity contribution is -0.0270. The molecule has 1 aliphatic carbocycles. The van der Waals surface area contributed by atoms with Crippen molar-refractivity contribution in [2.24, 2.45) is 5.92 Å². The van der Waals surface area contributed by atoms with Gasteiger partial charge in [0.05, 0.1) is 31.9 Å². The Balaban J connectivity index is 1.49. The first kappa shape index (κ1) is 18.5. The molecule has 9 nitrogen and oxygen atoms in total. The van der Waals surface area contributed by atoms with Gasteiger partial charge >= 0.3 is 0 Å². The molecule has 1 N–H and O–H groups in total. The van der Waals surface area contributed by atoms with E-state index in [1.165, 1.54) is 11.1 Å². The summed E-state index contributed by atoms with van der Waals surface area (Å²) in [4.78, 5) is 26.4. The first-order valence-corrected chi connectivity index (χ1v) is 9.04. The highest BCUT2D eigenvalue weighted by Crippen LogP contribution is 2.36. The van der Waals surface area contributed by atoms with Crippen LogP contribution in [-0.2, 0) is 0 Å². The van der Waals surface area contributed by atoms with Crippen LogP contribution in [0.5, 0.6) is 5.88 Å². The van der Waals surface area contributed by atoms with Crippen molar-refractivity contribution in [1.82, 2.24) is 25.4 Å². The van der Waals surface area contributed by atoms with Gasteiger partial charge in [-0.15, -0.1) is 0 Å². The van der Waals surface area contributed by atoms with Crippen molar-refractivity contribution >= 4 is 11.7 Å². The topological polar surface area (TPSA) is 106 Å². The second-order valence-electron chi connectivity index (χ2n) is 7.22. The van der Waals surface area contributed by atoms with Crippen molar-refractivity contribution in [3.63, 3.8) is 0 Å². The molecule has 11 heteroatoms. The summed E-state index contributed by atoms with van der Waals surface area (Å²) in [7, 11) is 0. The molecule has 2 aliphatic rings. The number of alkyl halides is 2. The van der Waals surface area contributed by atoms with E-state index in [1.54, 1.807) is 13.8 Å². The van der Waals surface area contributed by atoms with Crippen molar-refractivity contribution in [3.05, 3.63) is 23.6 Å². The van der Waals surface area contributed by atoms with Crippen LogP contribution in [0.25, 0.3) is 0 Å². The van der Waals surface area contributed by atoms with Gasteiger partial charge in [0.2, 0.25) is 5.89 Å². The van der Waals surface area contributed by atoms with Crippen LogP contribution < -0.4 is 15.0 Å². The summed E-state index contributed by atoms with van der Waals surface area (Å²) in [6, 6.07) is -0.503. The predicted octanol–water partition coefficient (Wildman–Crippen LogP) is 1.90. The van der Waals surface area contributed by atoms with E-state index in [2.05, 4.69) is 25.4 Å². The van der Waals surface area contributed by atoms with Crippen LogP contribution in [0.1, 0.15) is 48.0 Å². The molecule has 0 aromatic carbocycles. The Bertz CT molecular complexity index is 878. The Morgan fingerprint density at radius 3 is 2.79 bits per heavy atom. The van der Waals surface area contributed by atoms with Crippen LogP contribution in [0, 0.1) is 12.8 Å². The Morgan fingerprint density at radius 1 is 1.43 bits per heavy atom. The Kier molecular flexibility index (Phi) is 4.60. The molecule has 4 rings (SSSR count). The molecule has 28 heavy (non-hydrogen) atoms. The quantitative estimate of drug-likeness (QED) is 0.759. The maximum absolute atomic E-state index is 13.2. The highest BCUT2D eigenvalue weighted by molar-refractivity contribution is 5.92. The lowest BCUT2D eigenvalue weighted by Gasteiger charge is -2.39. The third kappa shape index (κ3) is 4.02. The number of halogens is 2. The number of anilines is 1. The van der Waals surface area contributed by atoms with Gasteiger partial charge in [-0.05, 0) is 25.7 Å². The number of rotatable bonds is 7. The number of nitrogens with one attached hydrogen (secondary N) is 1. The van der Waals surface area contributed by atoms with Crippen molar-refractivity contribution in [3.8, 4) is 5.88 Å². The smallest absolute Gasteiger partial charge is 0.282 e. The number of aromatic nitrogens is 4. The summed E-state index contributed by atoms with van der Waals surface area (Å²) < 4.78 is 37.1. The Morgan fingerprint density at radius 2 is 2.18 bits per heavy atom. The molecular weight excluding hydrogens is 374 g/mol. The van der Waals surface area contributed by atoms with E-state index in [4.69, 9.17) is 9.26 Å². The maximum atomic E-state index is 13.2. The molecule has 2 aromatic heterocycles. The molecule has 1 aliphatic heterocycles. The molecule has 1 saturated carbocycles. The minimum absolute atomic E-state index is 0.0221. The van der Waals surface area contributed by atoms with E-state index < -0.39 is 31.0 Å². The van der Waals surface area contributed by atoms with E-state index in [0.717, 1.165) is 12.8 Å². The monoisotopic (exact) mass is 394 g/mol. The zero-order valence-electron chi connectivity index (χ0n) is 15.5. The van der Waals surface area contributed by atoms with Crippen LogP contribution in [0.2, 0.25) is 0 Å². The van der Waals surface area contributed by atoms with Gasteiger partial charge in [-0.25, -0.2) is 18.7 Å². The van der Waals surface area contributed by atoms with E-state index in [-0.39, 0.29) is 17.4 Å². The van der Waals surface area contributed by atoms with Crippen LogP contribution >= 0.6 is 0 Å². The van der Waals surface area contributed by atoms with Crippen molar-refractivity contribution < 1.29 is 22.8 Å². The summed E-state index contributed by atoms with van der Waals surface area (Å²) >= 11 is 0. The van der Waals surface area contributed by atoms with Crippen molar-refractivity contribution in [1.29, 1.82) is 0 Å². The van der Waals surface area contributed by atoms with Gasteiger partial charge in [-0.3, -0.25) is 4.79 Å². The zero-order chi connectivity index (χ0) is 19.9. The molecule has 1 saturated heterocycles. The SMILES string of the molecule is Cc1nc([C@@H](C)NC(=O)c2cnc(N3CC(F)(F)C3)c(OCC3CC3)n2)no1. The summed E-state index contributed by atoms with van der Waals surface area (Å²) in [6.45, 7) is 2.90. The van der Waals surface area contributed by atoms with Crippen LogP contribution in [0.3, 0.4) is 0 Å². The van der Waals surface area contributed by atoms with E-state index >= 15 is 0 Å². The van der Waals surface area contributed by atoms with Gasteiger partial charge in [0.15, 0.2) is 17.3 Å². The number of carbonyl (C=O) groups is 1. The molecule has 0 radical (unpaired) electrons. The average molecular weight is 394 g/mol. The fourth-order valence-electron chi connectivity index (χ4n) is 2.76. The predicted molar refractivity (Wildman–Crippen MR) is 92.3 cm³/mol. The van der Waals surface area contributed by atoms with E-state index in [1.807, 2.05) is 0 Å². The highest BCUT2D eigenvalue weighted by Gasteiger charge is 2.46. The first-order valence-electron chi connectivity index (χ1n) is 9.04. The molecule has 2 fully saturated rings. The third-order valence-corrected chi connectivity index (χ3v) is 4.53. The van der Waals surface area contributed by atoms with Crippen LogP contribution in [0.15, 0.2) is 10.7 Å². The number of hydrogen-bond donors (Lipinski definition) is 1. The number of hydrogen-bond acceptors (Lipinski definition) is 8. The molecule has 1 amide bonds. The number of amides is 1. The maximum Gasteiger partial charge on any atom is 0.282 e. The summed E-state index contributed by atoms with van der Waals surface area (Å²) in [5.74, 6) is -1.76. The lowest BCUT2D eigenvalue weighted by atomic mass is 10.1.